The van der Waals surface area contributed by atoms with Gasteiger partial charge in [-0.15, -0.1) is 12.4 Å². The van der Waals surface area contributed by atoms with Crippen LogP contribution in [0.1, 0.15) is 24.7 Å². The molecule has 1 saturated heterocycles. The molecule has 4 nitrogen and oxygen atoms in total. The Hall–Kier alpha value is -2.30. The fraction of sp³-hybridized carbons (Fsp3) is 0.250. The van der Waals surface area contributed by atoms with Crippen molar-refractivity contribution in [3.63, 3.8) is 0 Å². The molecule has 0 aliphatic carbocycles. The van der Waals surface area contributed by atoms with E-state index < -0.39 is 0 Å². The summed E-state index contributed by atoms with van der Waals surface area (Å²) in [6.45, 7) is 2.01. The van der Waals surface area contributed by atoms with Crippen LogP contribution < -0.4 is 10.1 Å². The molecule has 5 heteroatoms. The largest absolute Gasteiger partial charge is 0.457 e. The molecule has 1 aliphatic heterocycles. The van der Waals surface area contributed by atoms with Crippen LogP contribution in [-0.2, 0) is 0 Å². The summed E-state index contributed by atoms with van der Waals surface area (Å²) >= 11 is 0. The number of benzene rings is 2. The van der Waals surface area contributed by atoms with Crippen molar-refractivity contribution in [3.8, 4) is 22.8 Å². The Morgan fingerprint density at radius 3 is 2.64 bits per heavy atom. The summed E-state index contributed by atoms with van der Waals surface area (Å²) in [5.41, 5.74) is 1.77. The zero-order chi connectivity index (χ0) is 16.2. The van der Waals surface area contributed by atoms with Crippen LogP contribution in [0.25, 0.3) is 11.3 Å². The fourth-order valence-corrected chi connectivity index (χ4v) is 3.04. The molecule has 2 heterocycles. The predicted octanol–water partition coefficient (Wildman–Crippen LogP) is 5.02. The smallest absolute Gasteiger partial charge is 0.198 e. The third kappa shape index (κ3) is 4.03. The summed E-state index contributed by atoms with van der Waals surface area (Å²) in [5.74, 6) is 2.76. The van der Waals surface area contributed by atoms with Crippen molar-refractivity contribution in [2.24, 2.45) is 0 Å². The van der Waals surface area contributed by atoms with Crippen LogP contribution in [0.15, 0.2) is 65.3 Å². The first-order valence-electron chi connectivity index (χ1n) is 8.38. The van der Waals surface area contributed by atoms with Crippen LogP contribution in [0.5, 0.6) is 11.5 Å². The van der Waals surface area contributed by atoms with Gasteiger partial charge in [0.05, 0.1) is 0 Å². The SMILES string of the molecule is Cl.c1ccc(Oc2ccccc2-c2coc(C3CCCNC3)n2)cc1. The van der Waals surface area contributed by atoms with Gasteiger partial charge in [-0.2, -0.15) is 0 Å². The Morgan fingerprint density at radius 1 is 1.04 bits per heavy atom. The van der Waals surface area contributed by atoms with Crippen LogP contribution in [0.3, 0.4) is 0 Å². The molecular weight excluding hydrogens is 336 g/mol. The second-order valence-electron chi connectivity index (χ2n) is 6.03. The van der Waals surface area contributed by atoms with Gasteiger partial charge in [-0.3, -0.25) is 0 Å². The van der Waals surface area contributed by atoms with Gasteiger partial charge in [0.1, 0.15) is 23.5 Å². The van der Waals surface area contributed by atoms with Crippen molar-refractivity contribution in [2.75, 3.05) is 13.1 Å². The standard InChI is InChI=1S/C20H20N2O2.ClH/c1-2-8-16(9-3-1)24-19-11-5-4-10-17(19)18-14-23-20(22-18)15-7-6-12-21-13-15;/h1-5,8-11,14-15,21H,6-7,12-13H2;1H. The third-order valence-electron chi connectivity index (χ3n) is 4.30. The van der Waals surface area contributed by atoms with Crippen LogP contribution in [0.4, 0.5) is 0 Å². The first-order valence-corrected chi connectivity index (χ1v) is 8.38. The molecular formula is C20H21ClN2O2. The van der Waals surface area contributed by atoms with E-state index in [9.17, 15) is 0 Å². The van der Waals surface area contributed by atoms with E-state index in [-0.39, 0.29) is 12.4 Å². The molecule has 130 valence electrons. The Bertz CT molecular complexity index is 798. The number of oxazole rings is 1. The summed E-state index contributed by atoms with van der Waals surface area (Å²) in [6.07, 6.45) is 4.02. The van der Waals surface area contributed by atoms with Crippen molar-refractivity contribution in [1.82, 2.24) is 10.3 Å². The first-order chi connectivity index (χ1) is 11.9. The van der Waals surface area contributed by atoms with E-state index in [1.54, 1.807) is 6.26 Å². The van der Waals surface area contributed by atoms with Gasteiger partial charge in [-0.1, -0.05) is 30.3 Å². The van der Waals surface area contributed by atoms with Crippen molar-refractivity contribution >= 4 is 12.4 Å². The highest BCUT2D eigenvalue weighted by atomic mass is 35.5. The van der Waals surface area contributed by atoms with E-state index in [4.69, 9.17) is 14.1 Å². The van der Waals surface area contributed by atoms with E-state index in [1.807, 2.05) is 54.6 Å². The lowest BCUT2D eigenvalue weighted by Gasteiger charge is -2.19. The Kier molecular flexibility index (Phi) is 5.74. The Balaban J connectivity index is 0.00000182. The van der Waals surface area contributed by atoms with Gasteiger partial charge in [-0.05, 0) is 43.7 Å². The number of nitrogens with zero attached hydrogens (tertiary/aromatic N) is 1. The molecule has 0 bridgehead atoms. The number of hydrogen-bond acceptors (Lipinski definition) is 4. The maximum absolute atomic E-state index is 6.02. The summed E-state index contributed by atoms with van der Waals surface area (Å²) < 4.78 is 11.8. The lowest BCUT2D eigenvalue weighted by atomic mass is 10.00. The molecule has 0 amide bonds. The minimum atomic E-state index is 0. The fourth-order valence-electron chi connectivity index (χ4n) is 3.04. The predicted molar refractivity (Wildman–Crippen MR) is 101 cm³/mol. The molecule has 1 N–H and O–H groups in total. The number of para-hydroxylation sites is 2. The monoisotopic (exact) mass is 356 g/mol. The van der Waals surface area contributed by atoms with Crippen LogP contribution in [0, 0.1) is 0 Å². The van der Waals surface area contributed by atoms with Gasteiger partial charge >= 0.3 is 0 Å². The van der Waals surface area contributed by atoms with E-state index in [2.05, 4.69) is 5.32 Å². The average molecular weight is 357 g/mol. The van der Waals surface area contributed by atoms with E-state index in [1.165, 1.54) is 0 Å². The number of halogens is 1. The molecule has 2 aromatic carbocycles. The highest BCUT2D eigenvalue weighted by Gasteiger charge is 2.21. The summed E-state index contributed by atoms with van der Waals surface area (Å²) in [5, 5.41) is 3.40. The number of ether oxygens (including phenoxy) is 1. The van der Waals surface area contributed by atoms with Gasteiger partial charge in [-0.25, -0.2) is 4.98 Å². The Morgan fingerprint density at radius 2 is 1.84 bits per heavy atom. The van der Waals surface area contributed by atoms with Crippen molar-refractivity contribution in [3.05, 3.63) is 66.8 Å². The molecule has 1 aliphatic rings. The number of piperidine rings is 1. The zero-order valence-electron chi connectivity index (χ0n) is 13.9. The second-order valence-corrected chi connectivity index (χ2v) is 6.03. The molecule has 3 aromatic rings. The molecule has 25 heavy (non-hydrogen) atoms. The molecule has 1 unspecified atom stereocenters. The minimum absolute atomic E-state index is 0. The number of hydrogen-bond donors (Lipinski definition) is 1. The van der Waals surface area contributed by atoms with Gasteiger partial charge in [0.15, 0.2) is 5.89 Å². The summed E-state index contributed by atoms with van der Waals surface area (Å²) in [7, 11) is 0. The van der Waals surface area contributed by atoms with Crippen molar-refractivity contribution in [2.45, 2.75) is 18.8 Å². The average Bonchev–Trinajstić information content (AvgIpc) is 3.14. The lowest BCUT2D eigenvalue weighted by Crippen LogP contribution is -2.28. The van der Waals surface area contributed by atoms with E-state index in [0.717, 1.165) is 54.6 Å². The van der Waals surface area contributed by atoms with Crippen LogP contribution in [0.2, 0.25) is 0 Å². The number of rotatable bonds is 4. The normalized spacial score (nSPS) is 16.9. The summed E-state index contributed by atoms with van der Waals surface area (Å²) in [6, 6.07) is 17.7. The van der Waals surface area contributed by atoms with Gasteiger partial charge < -0.3 is 14.5 Å². The lowest BCUT2D eigenvalue weighted by molar-refractivity contribution is 0.376. The number of nitrogens with one attached hydrogen (secondary N) is 1. The van der Waals surface area contributed by atoms with Crippen molar-refractivity contribution in [1.29, 1.82) is 0 Å². The molecule has 4 rings (SSSR count). The maximum Gasteiger partial charge on any atom is 0.198 e. The highest BCUT2D eigenvalue weighted by Crippen LogP contribution is 2.34. The van der Waals surface area contributed by atoms with Gasteiger partial charge in [0.25, 0.3) is 0 Å². The van der Waals surface area contributed by atoms with Gasteiger partial charge in [0.2, 0.25) is 0 Å². The second kappa shape index (κ2) is 8.19. The third-order valence-corrected chi connectivity index (χ3v) is 4.30. The van der Waals surface area contributed by atoms with E-state index >= 15 is 0 Å². The van der Waals surface area contributed by atoms with Crippen LogP contribution in [-0.4, -0.2) is 18.1 Å². The topological polar surface area (TPSA) is 47.3 Å². The molecule has 1 fully saturated rings. The quantitative estimate of drug-likeness (QED) is 0.712. The molecule has 0 saturated carbocycles. The zero-order valence-corrected chi connectivity index (χ0v) is 14.7. The maximum atomic E-state index is 6.02. The molecule has 0 radical (unpaired) electrons. The first kappa shape index (κ1) is 17.5. The molecule has 0 spiro atoms. The van der Waals surface area contributed by atoms with Crippen LogP contribution >= 0.6 is 12.4 Å². The Labute approximate surface area is 153 Å². The van der Waals surface area contributed by atoms with Crippen molar-refractivity contribution < 1.29 is 9.15 Å². The van der Waals surface area contributed by atoms with Gasteiger partial charge in [0, 0.05) is 18.0 Å². The summed E-state index contributed by atoms with van der Waals surface area (Å²) in [4.78, 5) is 4.72. The van der Waals surface area contributed by atoms with E-state index in [0.29, 0.717) is 5.92 Å². The molecule has 1 aromatic heterocycles. The number of aromatic nitrogens is 1. The highest BCUT2D eigenvalue weighted by molar-refractivity contribution is 5.85. The minimum Gasteiger partial charge on any atom is -0.457 e. The molecule has 1 atom stereocenters.